The van der Waals surface area contributed by atoms with Crippen molar-refractivity contribution in [3.05, 3.63) is 77.2 Å². The van der Waals surface area contributed by atoms with E-state index in [9.17, 15) is 14.0 Å². The van der Waals surface area contributed by atoms with Crippen molar-refractivity contribution in [1.29, 1.82) is 0 Å². The van der Waals surface area contributed by atoms with Crippen LogP contribution >= 0.6 is 0 Å². The Balaban J connectivity index is 1.25. The van der Waals surface area contributed by atoms with Crippen molar-refractivity contribution >= 4 is 17.4 Å². The number of halogens is 1. The minimum absolute atomic E-state index is 0.0246. The number of hydrogen-bond donors (Lipinski definition) is 1. The van der Waals surface area contributed by atoms with Crippen LogP contribution in [0.5, 0.6) is 0 Å². The molecule has 180 valence electrons. The van der Waals surface area contributed by atoms with Crippen molar-refractivity contribution in [3.8, 4) is 0 Å². The highest BCUT2D eigenvalue weighted by molar-refractivity contribution is 5.94. The molecule has 2 aliphatic heterocycles. The maximum Gasteiger partial charge on any atom is 0.223 e. The zero-order valence-corrected chi connectivity index (χ0v) is 20.3. The van der Waals surface area contributed by atoms with Gasteiger partial charge in [-0.2, -0.15) is 0 Å². The Kier molecular flexibility index (Phi) is 7.17. The molecule has 1 saturated heterocycles. The van der Waals surface area contributed by atoms with Gasteiger partial charge < -0.3 is 10.2 Å². The van der Waals surface area contributed by atoms with E-state index in [0.717, 1.165) is 37.3 Å². The second kappa shape index (κ2) is 10.1. The second-order valence-electron chi connectivity index (χ2n) is 9.88. The van der Waals surface area contributed by atoms with Crippen molar-refractivity contribution in [2.24, 2.45) is 5.92 Å². The Bertz CT molecular complexity index is 1090. The van der Waals surface area contributed by atoms with Gasteiger partial charge in [-0.3, -0.25) is 14.5 Å². The molecule has 1 fully saturated rings. The predicted octanol–water partition coefficient (Wildman–Crippen LogP) is 4.08. The fourth-order valence-electron chi connectivity index (χ4n) is 5.20. The summed E-state index contributed by atoms with van der Waals surface area (Å²) in [6.07, 6.45) is 3.73. The number of ketones is 1. The number of likely N-dealkylation sites (N-methyl/N-ethyl adjacent to an activating group) is 1. The molecule has 2 aromatic rings. The van der Waals surface area contributed by atoms with E-state index < -0.39 is 0 Å². The monoisotopic (exact) mass is 463 g/mol. The zero-order valence-electron chi connectivity index (χ0n) is 20.3. The summed E-state index contributed by atoms with van der Waals surface area (Å²) in [5.41, 5.74) is 3.80. The number of rotatable bonds is 7. The molecule has 0 bridgehead atoms. The van der Waals surface area contributed by atoms with Crippen LogP contribution in [0, 0.1) is 11.7 Å². The van der Waals surface area contributed by atoms with Crippen molar-refractivity contribution < 1.29 is 14.0 Å². The maximum atomic E-state index is 13.7. The van der Waals surface area contributed by atoms with E-state index in [1.807, 2.05) is 19.2 Å². The van der Waals surface area contributed by atoms with Crippen LogP contribution in [0.2, 0.25) is 0 Å². The Hall–Kier alpha value is -2.99. The van der Waals surface area contributed by atoms with E-state index in [-0.39, 0.29) is 28.8 Å². The first kappa shape index (κ1) is 24.1. The van der Waals surface area contributed by atoms with E-state index in [0.29, 0.717) is 25.1 Å². The number of nitrogens with zero attached hydrogens (tertiary/aromatic N) is 2. The van der Waals surface area contributed by atoms with Crippen molar-refractivity contribution in [2.75, 3.05) is 38.1 Å². The van der Waals surface area contributed by atoms with Gasteiger partial charge in [-0.15, -0.1) is 0 Å². The first-order valence-electron chi connectivity index (χ1n) is 12.1. The second-order valence-corrected chi connectivity index (χ2v) is 9.88. The zero-order chi connectivity index (χ0) is 24.3. The van der Waals surface area contributed by atoms with E-state index in [4.69, 9.17) is 0 Å². The number of fused-ring (bicyclic) bond motifs is 1. The number of carbonyl (C=O) groups is 2. The smallest absolute Gasteiger partial charge is 0.223 e. The molecular formula is C28H34FN3O2. The van der Waals surface area contributed by atoms with Gasteiger partial charge in [0.25, 0.3) is 0 Å². The molecule has 2 aromatic carbocycles. The van der Waals surface area contributed by atoms with Crippen LogP contribution in [0.4, 0.5) is 10.1 Å². The molecular weight excluding hydrogens is 429 g/mol. The first-order chi connectivity index (χ1) is 16.3. The number of allylic oxidation sites excluding steroid dienone is 1. The number of benzene rings is 2. The average molecular weight is 464 g/mol. The average Bonchev–Trinajstić information content (AvgIpc) is 3.01. The summed E-state index contributed by atoms with van der Waals surface area (Å²) >= 11 is 0. The van der Waals surface area contributed by atoms with E-state index in [2.05, 4.69) is 41.1 Å². The lowest BCUT2D eigenvalue weighted by molar-refractivity contribution is -0.126. The highest BCUT2D eigenvalue weighted by Crippen LogP contribution is 2.46. The third kappa shape index (κ3) is 5.07. The number of piperidine rings is 1. The van der Waals surface area contributed by atoms with Gasteiger partial charge in [0.15, 0.2) is 5.78 Å². The normalized spacial score (nSPS) is 19.3. The standard InChI is InChI=1S/C28H34FN3O2/c1-28(2)23-9-5-7-11-25(23)31(3)26(28)18-22(33)19-32-16-13-21(14-17-32)27(34)30-15-12-20-8-4-6-10-24(20)29/h4-11,18,21H,12-17,19H2,1-3H3,(H,30,34)/b26-18-. The van der Waals surface area contributed by atoms with Gasteiger partial charge in [0.05, 0.1) is 6.54 Å². The lowest BCUT2D eigenvalue weighted by atomic mass is 9.83. The Morgan fingerprint density at radius 3 is 2.47 bits per heavy atom. The molecule has 34 heavy (non-hydrogen) atoms. The van der Waals surface area contributed by atoms with Gasteiger partial charge in [-0.1, -0.05) is 50.2 Å². The Morgan fingerprint density at radius 1 is 1.09 bits per heavy atom. The lowest BCUT2D eigenvalue weighted by Crippen LogP contribution is -2.42. The first-order valence-corrected chi connectivity index (χ1v) is 12.1. The van der Waals surface area contributed by atoms with Gasteiger partial charge in [0.2, 0.25) is 5.91 Å². The molecule has 0 aromatic heterocycles. The number of nitrogens with one attached hydrogen (secondary N) is 1. The summed E-state index contributed by atoms with van der Waals surface area (Å²) in [4.78, 5) is 29.7. The quantitative estimate of drug-likeness (QED) is 0.629. The van der Waals surface area contributed by atoms with E-state index in [1.54, 1.807) is 24.3 Å². The summed E-state index contributed by atoms with van der Waals surface area (Å²) in [7, 11) is 2.02. The van der Waals surface area contributed by atoms with Gasteiger partial charge in [0.1, 0.15) is 5.82 Å². The summed E-state index contributed by atoms with van der Waals surface area (Å²) in [5, 5.41) is 2.95. The number of likely N-dealkylation sites (tertiary alicyclic amines) is 1. The SMILES string of the molecule is CN1/C(=C\C(=O)CN2CCC(C(=O)NCCc3ccccc3F)CC2)C(C)(C)c2ccccc21. The number of hydrogen-bond acceptors (Lipinski definition) is 4. The minimum Gasteiger partial charge on any atom is -0.356 e. The number of para-hydroxylation sites is 1. The van der Waals surface area contributed by atoms with Crippen molar-refractivity contribution in [1.82, 2.24) is 10.2 Å². The van der Waals surface area contributed by atoms with Crippen LogP contribution < -0.4 is 10.2 Å². The van der Waals surface area contributed by atoms with Gasteiger partial charge >= 0.3 is 0 Å². The van der Waals surface area contributed by atoms with Crippen LogP contribution in [0.1, 0.15) is 37.8 Å². The number of amides is 1. The highest BCUT2D eigenvalue weighted by atomic mass is 19.1. The number of carbonyl (C=O) groups excluding carboxylic acids is 2. The van der Waals surface area contributed by atoms with Crippen molar-refractivity contribution in [2.45, 2.75) is 38.5 Å². The molecule has 1 amide bonds. The molecule has 0 atom stereocenters. The fourth-order valence-corrected chi connectivity index (χ4v) is 5.20. The summed E-state index contributed by atoms with van der Waals surface area (Å²) < 4.78 is 13.7. The van der Waals surface area contributed by atoms with Gasteiger partial charge in [0, 0.05) is 42.4 Å². The van der Waals surface area contributed by atoms with Gasteiger partial charge in [-0.25, -0.2) is 4.39 Å². The van der Waals surface area contributed by atoms with Crippen LogP contribution in [0.25, 0.3) is 0 Å². The third-order valence-corrected chi connectivity index (χ3v) is 7.23. The van der Waals surface area contributed by atoms with Crippen LogP contribution in [0.15, 0.2) is 60.3 Å². The molecule has 2 aliphatic rings. The van der Waals surface area contributed by atoms with Crippen LogP contribution in [-0.4, -0.2) is 49.8 Å². The van der Waals surface area contributed by atoms with Gasteiger partial charge in [-0.05, 0) is 55.6 Å². The van der Waals surface area contributed by atoms with E-state index >= 15 is 0 Å². The highest BCUT2D eigenvalue weighted by Gasteiger charge is 2.38. The van der Waals surface area contributed by atoms with Crippen LogP contribution in [0.3, 0.4) is 0 Å². The lowest BCUT2D eigenvalue weighted by Gasteiger charge is -2.31. The molecule has 0 aliphatic carbocycles. The molecule has 4 rings (SSSR count). The molecule has 2 heterocycles. The Labute approximate surface area is 201 Å². The summed E-state index contributed by atoms with van der Waals surface area (Å²) in [6.45, 7) is 6.55. The number of anilines is 1. The summed E-state index contributed by atoms with van der Waals surface area (Å²) in [5.74, 6) is -0.174. The molecule has 0 spiro atoms. The molecule has 6 heteroatoms. The maximum absolute atomic E-state index is 13.7. The van der Waals surface area contributed by atoms with Crippen LogP contribution in [-0.2, 0) is 21.4 Å². The topological polar surface area (TPSA) is 52.7 Å². The predicted molar refractivity (Wildman–Crippen MR) is 133 cm³/mol. The fraction of sp³-hybridized carbons (Fsp3) is 0.429. The molecule has 1 N–H and O–H groups in total. The Morgan fingerprint density at radius 2 is 1.76 bits per heavy atom. The molecule has 0 saturated carbocycles. The molecule has 5 nitrogen and oxygen atoms in total. The minimum atomic E-state index is -0.235. The van der Waals surface area contributed by atoms with E-state index in [1.165, 1.54) is 11.6 Å². The van der Waals surface area contributed by atoms with Crippen molar-refractivity contribution in [3.63, 3.8) is 0 Å². The molecule has 0 unspecified atom stereocenters. The largest absolute Gasteiger partial charge is 0.356 e. The molecule has 0 radical (unpaired) electrons. The summed E-state index contributed by atoms with van der Waals surface area (Å²) in [6, 6.07) is 14.9. The third-order valence-electron chi connectivity index (χ3n) is 7.23.